The van der Waals surface area contributed by atoms with Crippen LogP contribution in [0, 0.1) is 0 Å². The molecule has 146 valence electrons. The molecule has 2 aromatic carbocycles. The number of carbonyl (C=O) groups excluding carboxylic acids is 3. The highest BCUT2D eigenvalue weighted by atomic mass is 16.5. The Morgan fingerprint density at radius 2 is 1.82 bits per heavy atom. The van der Waals surface area contributed by atoms with E-state index in [1.807, 2.05) is 6.07 Å². The van der Waals surface area contributed by atoms with Crippen LogP contribution in [0.2, 0.25) is 0 Å². The fourth-order valence-electron chi connectivity index (χ4n) is 3.05. The zero-order chi connectivity index (χ0) is 20.3. The van der Waals surface area contributed by atoms with Crippen LogP contribution in [0.3, 0.4) is 0 Å². The summed E-state index contributed by atoms with van der Waals surface area (Å²) in [5.41, 5.74) is -0.192. The highest BCUT2D eigenvalue weighted by molar-refractivity contribution is 6.10. The number of amides is 4. The van der Waals surface area contributed by atoms with Crippen LogP contribution in [0.1, 0.15) is 12.5 Å². The lowest BCUT2D eigenvalue weighted by Crippen LogP contribution is -2.42. The average molecular weight is 383 g/mol. The first-order chi connectivity index (χ1) is 13.4. The molecule has 1 atom stereocenters. The fraction of sp³-hybridized carbons (Fsp3) is 0.250. The van der Waals surface area contributed by atoms with Crippen LogP contribution >= 0.6 is 0 Å². The smallest absolute Gasteiger partial charge is 0.325 e. The number of carbonyl (C=O) groups is 3. The highest BCUT2D eigenvalue weighted by Gasteiger charge is 2.49. The van der Waals surface area contributed by atoms with E-state index in [-0.39, 0.29) is 0 Å². The molecule has 1 saturated heterocycles. The largest absolute Gasteiger partial charge is 0.497 e. The van der Waals surface area contributed by atoms with Crippen molar-refractivity contribution >= 4 is 23.5 Å². The van der Waals surface area contributed by atoms with Crippen LogP contribution < -0.4 is 20.1 Å². The first-order valence-corrected chi connectivity index (χ1v) is 8.60. The van der Waals surface area contributed by atoms with Crippen LogP contribution in [0.4, 0.5) is 10.5 Å². The predicted octanol–water partition coefficient (Wildman–Crippen LogP) is 2.11. The Morgan fingerprint density at radius 1 is 1.11 bits per heavy atom. The minimum atomic E-state index is -1.22. The summed E-state index contributed by atoms with van der Waals surface area (Å²) in [7, 11) is 2.98. The summed E-state index contributed by atoms with van der Waals surface area (Å²) in [4.78, 5) is 38.6. The average Bonchev–Trinajstić information content (AvgIpc) is 2.92. The summed E-state index contributed by atoms with van der Waals surface area (Å²) in [5, 5.41) is 5.32. The molecule has 28 heavy (non-hydrogen) atoms. The van der Waals surface area contributed by atoms with Crippen molar-refractivity contribution in [3.05, 3.63) is 54.1 Å². The molecule has 0 unspecified atom stereocenters. The summed E-state index contributed by atoms with van der Waals surface area (Å²) in [6.07, 6.45) is 0. The first kappa shape index (κ1) is 19.2. The first-order valence-electron chi connectivity index (χ1n) is 8.60. The summed E-state index contributed by atoms with van der Waals surface area (Å²) in [6.45, 7) is 1.19. The van der Waals surface area contributed by atoms with Gasteiger partial charge in [-0.2, -0.15) is 0 Å². The molecule has 1 aliphatic rings. The van der Waals surface area contributed by atoms with Crippen LogP contribution in [0.25, 0.3) is 0 Å². The number of benzene rings is 2. The fourth-order valence-corrected chi connectivity index (χ4v) is 3.05. The van der Waals surface area contributed by atoms with Crippen LogP contribution in [0.15, 0.2) is 48.5 Å². The molecule has 1 fully saturated rings. The van der Waals surface area contributed by atoms with Gasteiger partial charge in [0.2, 0.25) is 5.91 Å². The molecule has 0 aliphatic carbocycles. The molecule has 1 heterocycles. The van der Waals surface area contributed by atoms with Crippen LogP contribution in [-0.2, 0) is 15.1 Å². The van der Waals surface area contributed by atoms with Gasteiger partial charge in [-0.05, 0) is 24.6 Å². The second kappa shape index (κ2) is 7.59. The topological polar surface area (TPSA) is 97.0 Å². The zero-order valence-corrected chi connectivity index (χ0v) is 15.8. The van der Waals surface area contributed by atoms with Crippen LogP contribution in [-0.4, -0.2) is 43.5 Å². The monoisotopic (exact) mass is 383 g/mol. The third-order valence-corrected chi connectivity index (χ3v) is 4.61. The molecule has 0 bridgehead atoms. The number of nitrogens with one attached hydrogen (secondary N) is 2. The molecule has 1 aliphatic heterocycles. The number of hydrogen-bond acceptors (Lipinski definition) is 5. The Bertz CT molecular complexity index is 915. The molecule has 2 N–H and O–H groups in total. The third kappa shape index (κ3) is 3.48. The number of nitrogens with zero attached hydrogens (tertiary/aromatic N) is 1. The van der Waals surface area contributed by atoms with Gasteiger partial charge in [0.25, 0.3) is 5.91 Å². The van der Waals surface area contributed by atoms with Gasteiger partial charge >= 0.3 is 6.03 Å². The van der Waals surface area contributed by atoms with Gasteiger partial charge in [-0.15, -0.1) is 0 Å². The lowest BCUT2D eigenvalue weighted by molar-refractivity contribution is -0.133. The van der Waals surface area contributed by atoms with E-state index in [2.05, 4.69) is 10.6 Å². The van der Waals surface area contributed by atoms with Gasteiger partial charge < -0.3 is 20.1 Å². The van der Waals surface area contributed by atoms with Crippen molar-refractivity contribution in [2.45, 2.75) is 12.5 Å². The second-order valence-corrected chi connectivity index (χ2v) is 6.43. The van der Waals surface area contributed by atoms with Gasteiger partial charge in [0.1, 0.15) is 23.6 Å². The molecule has 3 rings (SSSR count). The molecule has 0 saturated carbocycles. The van der Waals surface area contributed by atoms with Gasteiger partial charge in [0.05, 0.1) is 19.9 Å². The molecule has 0 spiro atoms. The van der Waals surface area contributed by atoms with E-state index in [9.17, 15) is 14.4 Å². The number of methoxy groups -OCH3 is 2. The molecule has 4 amide bonds. The standard InChI is InChI=1S/C20H21N3O5/c1-20(13-7-5-4-6-8-13)18(25)23(19(26)22-20)12-17(24)21-15-11-14(27-2)9-10-16(15)28-3/h4-11H,12H2,1-3H3,(H,21,24)(H,22,26)/t20-/m1/s1. The summed E-state index contributed by atoms with van der Waals surface area (Å²) >= 11 is 0. The van der Waals surface area contributed by atoms with Gasteiger partial charge in [-0.3, -0.25) is 14.5 Å². The Hall–Kier alpha value is -3.55. The minimum absolute atomic E-state index is 0.379. The molecule has 0 radical (unpaired) electrons. The molecular formula is C20H21N3O5. The van der Waals surface area contributed by atoms with E-state index in [4.69, 9.17) is 9.47 Å². The Morgan fingerprint density at radius 3 is 2.46 bits per heavy atom. The minimum Gasteiger partial charge on any atom is -0.497 e. The lowest BCUT2D eigenvalue weighted by Gasteiger charge is -2.22. The van der Waals surface area contributed by atoms with Crippen molar-refractivity contribution in [2.75, 3.05) is 26.1 Å². The molecule has 2 aromatic rings. The van der Waals surface area contributed by atoms with Crippen molar-refractivity contribution < 1.29 is 23.9 Å². The summed E-state index contributed by atoms with van der Waals surface area (Å²) in [5.74, 6) is -0.0629. The van der Waals surface area contributed by atoms with Crippen molar-refractivity contribution in [1.29, 1.82) is 0 Å². The number of rotatable bonds is 6. The molecular weight excluding hydrogens is 362 g/mol. The third-order valence-electron chi connectivity index (χ3n) is 4.61. The maximum Gasteiger partial charge on any atom is 0.325 e. The van der Waals surface area contributed by atoms with E-state index in [0.29, 0.717) is 22.7 Å². The predicted molar refractivity (Wildman–Crippen MR) is 102 cm³/mol. The van der Waals surface area contributed by atoms with Crippen LogP contribution in [0.5, 0.6) is 11.5 Å². The SMILES string of the molecule is COc1ccc(OC)c(NC(=O)CN2C(=O)N[C@](C)(c3ccccc3)C2=O)c1. The maximum atomic E-state index is 12.9. The summed E-state index contributed by atoms with van der Waals surface area (Å²) < 4.78 is 10.4. The Balaban J connectivity index is 1.76. The van der Waals surface area contributed by atoms with E-state index in [0.717, 1.165) is 4.90 Å². The van der Waals surface area contributed by atoms with Gasteiger partial charge in [-0.1, -0.05) is 30.3 Å². The number of urea groups is 1. The van der Waals surface area contributed by atoms with Gasteiger partial charge in [-0.25, -0.2) is 4.79 Å². The van der Waals surface area contributed by atoms with Gasteiger partial charge in [0.15, 0.2) is 0 Å². The maximum absolute atomic E-state index is 12.9. The van der Waals surface area contributed by atoms with Crippen molar-refractivity contribution in [3.63, 3.8) is 0 Å². The van der Waals surface area contributed by atoms with E-state index < -0.39 is 29.9 Å². The number of anilines is 1. The van der Waals surface area contributed by atoms with Crippen molar-refractivity contribution in [1.82, 2.24) is 10.2 Å². The number of ether oxygens (including phenoxy) is 2. The van der Waals surface area contributed by atoms with Crippen molar-refractivity contribution in [2.24, 2.45) is 0 Å². The van der Waals surface area contributed by atoms with E-state index in [1.165, 1.54) is 14.2 Å². The Kier molecular flexibility index (Phi) is 5.21. The molecule has 0 aromatic heterocycles. The summed E-state index contributed by atoms with van der Waals surface area (Å²) in [6, 6.07) is 13.2. The quantitative estimate of drug-likeness (QED) is 0.745. The lowest BCUT2D eigenvalue weighted by atomic mass is 9.92. The number of hydrogen-bond donors (Lipinski definition) is 2. The second-order valence-electron chi connectivity index (χ2n) is 6.43. The Labute approximate surface area is 162 Å². The molecule has 8 nitrogen and oxygen atoms in total. The normalized spacial score (nSPS) is 18.6. The molecule has 8 heteroatoms. The number of imide groups is 1. The van der Waals surface area contributed by atoms with E-state index in [1.54, 1.807) is 49.4 Å². The van der Waals surface area contributed by atoms with Gasteiger partial charge in [0, 0.05) is 6.07 Å². The van der Waals surface area contributed by atoms with E-state index >= 15 is 0 Å². The highest BCUT2D eigenvalue weighted by Crippen LogP contribution is 2.30. The van der Waals surface area contributed by atoms with Crippen molar-refractivity contribution in [3.8, 4) is 11.5 Å². The zero-order valence-electron chi connectivity index (χ0n) is 15.8.